The zero-order valence-corrected chi connectivity index (χ0v) is 8.17. The third-order valence-corrected chi connectivity index (χ3v) is 3.00. The van der Waals surface area contributed by atoms with E-state index in [4.69, 9.17) is 0 Å². The molecule has 0 aliphatic heterocycles. The normalized spacial score (nSPS) is 28.8. The maximum atomic E-state index is 12.3. The molecule has 2 atom stereocenters. The van der Waals surface area contributed by atoms with Gasteiger partial charge in [-0.1, -0.05) is 18.2 Å². The van der Waals surface area contributed by atoms with E-state index in [9.17, 15) is 18.3 Å². The van der Waals surface area contributed by atoms with Crippen LogP contribution in [0.15, 0.2) is 23.8 Å². The molecule has 1 nitrogen and oxygen atoms in total. The summed E-state index contributed by atoms with van der Waals surface area (Å²) in [6.07, 6.45) is 1.33. The second-order valence-electron chi connectivity index (χ2n) is 4.24. The largest absolute Gasteiger partial charge is 0.416 e. The number of aliphatic hydroxyl groups excluding tert-OH is 1. The predicted octanol–water partition coefficient (Wildman–Crippen LogP) is 2.82. The SMILES string of the molecule is OC(C1CC1)[C@@H]1C=CC(C(F)(F)F)=CC1. The van der Waals surface area contributed by atoms with E-state index in [1.165, 1.54) is 12.2 Å². The molecule has 0 aromatic heterocycles. The summed E-state index contributed by atoms with van der Waals surface area (Å²) in [7, 11) is 0. The van der Waals surface area contributed by atoms with Crippen molar-refractivity contribution >= 4 is 0 Å². The van der Waals surface area contributed by atoms with Gasteiger partial charge in [-0.3, -0.25) is 0 Å². The Morgan fingerprint density at radius 3 is 2.40 bits per heavy atom. The first kappa shape index (κ1) is 10.7. The van der Waals surface area contributed by atoms with E-state index >= 15 is 0 Å². The Hall–Kier alpha value is -0.770. The molecule has 1 unspecified atom stereocenters. The number of halogens is 3. The zero-order chi connectivity index (χ0) is 11.1. The lowest BCUT2D eigenvalue weighted by Gasteiger charge is -2.22. The standard InChI is InChI=1S/C11H13F3O/c12-11(13,14)9-5-3-8(4-6-9)10(15)7-1-2-7/h3,5-8,10,15H,1-2,4H2/t8-,10?/m1/s1. The van der Waals surface area contributed by atoms with Gasteiger partial charge >= 0.3 is 6.18 Å². The van der Waals surface area contributed by atoms with Gasteiger partial charge in [-0.15, -0.1) is 0 Å². The monoisotopic (exact) mass is 218 g/mol. The third-order valence-electron chi connectivity index (χ3n) is 3.00. The molecule has 0 saturated heterocycles. The first-order chi connectivity index (χ1) is 6.98. The van der Waals surface area contributed by atoms with Crippen molar-refractivity contribution in [1.29, 1.82) is 0 Å². The van der Waals surface area contributed by atoms with Gasteiger partial charge in [-0.2, -0.15) is 13.2 Å². The molecule has 0 bridgehead atoms. The Kier molecular flexibility index (Phi) is 2.63. The van der Waals surface area contributed by atoms with E-state index in [1.807, 2.05) is 0 Å². The van der Waals surface area contributed by atoms with E-state index in [0.29, 0.717) is 12.3 Å². The summed E-state index contributed by atoms with van der Waals surface area (Å²) in [5.74, 6) is 0.170. The fourth-order valence-electron chi connectivity index (χ4n) is 1.89. The minimum absolute atomic E-state index is 0.136. The van der Waals surface area contributed by atoms with Gasteiger partial charge < -0.3 is 5.11 Å². The number of hydrogen-bond acceptors (Lipinski definition) is 1. The summed E-state index contributed by atoms with van der Waals surface area (Å²) in [6, 6.07) is 0. The van der Waals surface area contributed by atoms with Gasteiger partial charge in [0.05, 0.1) is 11.7 Å². The second kappa shape index (κ2) is 3.67. The number of aliphatic hydroxyl groups is 1. The van der Waals surface area contributed by atoms with Crippen molar-refractivity contribution in [3.63, 3.8) is 0 Å². The molecule has 0 aromatic carbocycles. The molecule has 0 amide bonds. The highest BCUT2D eigenvalue weighted by Crippen LogP contribution is 2.39. The molecular weight excluding hydrogens is 205 g/mol. The van der Waals surface area contributed by atoms with Crippen LogP contribution in [0.2, 0.25) is 0 Å². The van der Waals surface area contributed by atoms with Crippen LogP contribution in [0.5, 0.6) is 0 Å². The number of hydrogen-bond donors (Lipinski definition) is 1. The molecule has 0 heterocycles. The summed E-state index contributed by atoms with van der Waals surface area (Å²) < 4.78 is 36.8. The Morgan fingerprint density at radius 2 is 2.00 bits per heavy atom. The number of allylic oxidation sites excluding steroid dienone is 3. The van der Waals surface area contributed by atoms with Gasteiger partial charge in [-0.25, -0.2) is 0 Å². The van der Waals surface area contributed by atoms with Gasteiger partial charge in [0.2, 0.25) is 0 Å². The van der Waals surface area contributed by atoms with E-state index in [0.717, 1.165) is 18.9 Å². The molecule has 2 aliphatic rings. The molecule has 4 heteroatoms. The summed E-state index contributed by atoms with van der Waals surface area (Å²) in [6.45, 7) is 0. The highest BCUT2D eigenvalue weighted by Gasteiger charge is 2.37. The molecule has 0 aromatic rings. The van der Waals surface area contributed by atoms with Crippen LogP contribution in [-0.4, -0.2) is 17.4 Å². The Balaban J connectivity index is 1.97. The van der Waals surface area contributed by atoms with Crippen molar-refractivity contribution in [3.05, 3.63) is 23.8 Å². The van der Waals surface area contributed by atoms with Crippen molar-refractivity contribution in [1.82, 2.24) is 0 Å². The molecule has 2 aliphatic carbocycles. The lowest BCUT2D eigenvalue weighted by Crippen LogP contribution is -2.23. The summed E-state index contributed by atoms with van der Waals surface area (Å²) in [4.78, 5) is 0. The zero-order valence-electron chi connectivity index (χ0n) is 8.17. The van der Waals surface area contributed by atoms with Gasteiger partial charge in [0.25, 0.3) is 0 Å². The molecule has 15 heavy (non-hydrogen) atoms. The van der Waals surface area contributed by atoms with Gasteiger partial charge in [0, 0.05) is 5.92 Å². The average molecular weight is 218 g/mol. The molecule has 1 N–H and O–H groups in total. The summed E-state index contributed by atoms with van der Waals surface area (Å²) in [5, 5.41) is 9.74. The third kappa shape index (κ3) is 2.43. The van der Waals surface area contributed by atoms with Gasteiger partial charge in [-0.05, 0) is 25.2 Å². The van der Waals surface area contributed by atoms with Crippen LogP contribution in [0.4, 0.5) is 13.2 Å². The highest BCUT2D eigenvalue weighted by atomic mass is 19.4. The molecule has 1 saturated carbocycles. The molecule has 1 fully saturated rings. The topological polar surface area (TPSA) is 20.2 Å². The fourth-order valence-corrected chi connectivity index (χ4v) is 1.89. The Morgan fingerprint density at radius 1 is 1.33 bits per heavy atom. The van der Waals surface area contributed by atoms with Crippen LogP contribution in [0.3, 0.4) is 0 Å². The fraction of sp³-hybridized carbons (Fsp3) is 0.636. The van der Waals surface area contributed by atoms with Crippen LogP contribution in [-0.2, 0) is 0 Å². The van der Waals surface area contributed by atoms with E-state index in [-0.39, 0.29) is 5.92 Å². The first-order valence-corrected chi connectivity index (χ1v) is 5.12. The van der Waals surface area contributed by atoms with Gasteiger partial charge in [0.1, 0.15) is 0 Å². The van der Waals surface area contributed by atoms with Crippen LogP contribution in [0.1, 0.15) is 19.3 Å². The minimum Gasteiger partial charge on any atom is -0.392 e. The van der Waals surface area contributed by atoms with Crippen molar-refractivity contribution in [2.75, 3.05) is 0 Å². The lowest BCUT2D eigenvalue weighted by atomic mass is 9.89. The van der Waals surface area contributed by atoms with Crippen LogP contribution >= 0.6 is 0 Å². The molecule has 84 valence electrons. The van der Waals surface area contributed by atoms with E-state index < -0.39 is 17.9 Å². The van der Waals surface area contributed by atoms with E-state index in [1.54, 1.807) is 0 Å². The van der Waals surface area contributed by atoms with Crippen LogP contribution in [0.25, 0.3) is 0 Å². The number of rotatable bonds is 2. The summed E-state index contributed by atoms with van der Waals surface area (Å²) in [5.41, 5.74) is -0.596. The smallest absolute Gasteiger partial charge is 0.392 e. The molecule has 0 radical (unpaired) electrons. The predicted molar refractivity (Wildman–Crippen MR) is 50.1 cm³/mol. The first-order valence-electron chi connectivity index (χ1n) is 5.12. The average Bonchev–Trinajstić information content (AvgIpc) is 2.99. The Labute approximate surface area is 86.3 Å². The highest BCUT2D eigenvalue weighted by molar-refractivity contribution is 5.28. The van der Waals surface area contributed by atoms with E-state index in [2.05, 4.69) is 0 Å². The lowest BCUT2D eigenvalue weighted by molar-refractivity contribution is -0.0889. The van der Waals surface area contributed by atoms with Crippen molar-refractivity contribution in [2.24, 2.45) is 11.8 Å². The minimum atomic E-state index is -4.26. The number of alkyl halides is 3. The molecule has 0 spiro atoms. The van der Waals surface area contributed by atoms with Crippen molar-refractivity contribution in [3.8, 4) is 0 Å². The maximum absolute atomic E-state index is 12.3. The van der Waals surface area contributed by atoms with Crippen molar-refractivity contribution < 1.29 is 18.3 Å². The second-order valence-corrected chi connectivity index (χ2v) is 4.24. The summed E-state index contributed by atoms with van der Waals surface area (Å²) >= 11 is 0. The quantitative estimate of drug-likeness (QED) is 0.755. The molecule has 2 rings (SSSR count). The Bertz CT molecular complexity index is 299. The van der Waals surface area contributed by atoms with Crippen molar-refractivity contribution in [2.45, 2.75) is 31.5 Å². The van der Waals surface area contributed by atoms with Crippen LogP contribution in [0, 0.1) is 11.8 Å². The van der Waals surface area contributed by atoms with Gasteiger partial charge in [0.15, 0.2) is 0 Å². The van der Waals surface area contributed by atoms with Crippen LogP contribution < -0.4 is 0 Å². The molecular formula is C11H13F3O. The maximum Gasteiger partial charge on any atom is 0.416 e.